The molecule has 0 aliphatic carbocycles. The number of carbonyl (C=O) groups excluding carboxylic acids is 3. The second-order valence-corrected chi connectivity index (χ2v) is 8.68. The molecule has 6 rings (SSSR count). The van der Waals surface area contributed by atoms with Gasteiger partial charge in [0.05, 0.1) is 35.4 Å². The lowest BCUT2D eigenvalue weighted by atomic mass is 10.0. The summed E-state index contributed by atoms with van der Waals surface area (Å²) in [5.41, 5.74) is 1.95. The summed E-state index contributed by atoms with van der Waals surface area (Å²) in [7, 11) is 0. The highest BCUT2D eigenvalue weighted by molar-refractivity contribution is 6.28. The SMILES string of the molecule is O=C1CCC(N2C(=O)c3cccc4c(Nc5cnn(C6CCNCC6)c5)ncc2c34)C(=O)N1. The molecule has 2 aromatic heterocycles. The van der Waals surface area contributed by atoms with E-state index in [-0.39, 0.29) is 18.2 Å². The fourth-order valence-corrected chi connectivity index (χ4v) is 5.03. The van der Waals surface area contributed by atoms with E-state index >= 15 is 0 Å². The topological polar surface area (TPSA) is 121 Å². The first-order valence-corrected chi connectivity index (χ1v) is 11.2. The summed E-state index contributed by atoms with van der Waals surface area (Å²) in [6.07, 6.45) is 7.97. The van der Waals surface area contributed by atoms with Crippen LogP contribution in [0.25, 0.3) is 10.8 Å². The number of rotatable bonds is 4. The van der Waals surface area contributed by atoms with E-state index in [4.69, 9.17) is 0 Å². The monoisotopic (exact) mass is 445 g/mol. The summed E-state index contributed by atoms with van der Waals surface area (Å²) in [4.78, 5) is 43.4. The van der Waals surface area contributed by atoms with Crippen LogP contribution in [0, 0.1) is 0 Å². The van der Waals surface area contributed by atoms with Crippen LogP contribution in [0.15, 0.2) is 36.8 Å². The number of carbonyl (C=O) groups is 3. The number of nitrogens with one attached hydrogen (secondary N) is 3. The van der Waals surface area contributed by atoms with Crippen molar-refractivity contribution in [3.05, 3.63) is 42.4 Å². The van der Waals surface area contributed by atoms with Crippen LogP contribution >= 0.6 is 0 Å². The summed E-state index contributed by atoms with van der Waals surface area (Å²) in [5, 5.41) is 15.1. The van der Waals surface area contributed by atoms with Gasteiger partial charge in [-0.3, -0.25) is 29.3 Å². The van der Waals surface area contributed by atoms with E-state index < -0.39 is 11.9 Å². The van der Waals surface area contributed by atoms with Crippen LogP contribution < -0.4 is 20.9 Å². The first-order valence-electron chi connectivity index (χ1n) is 11.2. The van der Waals surface area contributed by atoms with E-state index in [1.54, 1.807) is 18.5 Å². The number of piperidine rings is 2. The van der Waals surface area contributed by atoms with Crippen molar-refractivity contribution in [2.45, 2.75) is 37.8 Å². The van der Waals surface area contributed by atoms with Crippen LogP contribution in [-0.4, -0.2) is 51.6 Å². The van der Waals surface area contributed by atoms with Crippen molar-refractivity contribution in [1.29, 1.82) is 0 Å². The molecule has 0 spiro atoms. The fourth-order valence-electron chi connectivity index (χ4n) is 5.03. The van der Waals surface area contributed by atoms with Gasteiger partial charge >= 0.3 is 0 Å². The third-order valence-electron chi connectivity index (χ3n) is 6.67. The zero-order valence-corrected chi connectivity index (χ0v) is 17.9. The molecule has 33 heavy (non-hydrogen) atoms. The number of hydrogen-bond acceptors (Lipinski definition) is 7. The maximum atomic E-state index is 13.2. The molecule has 3 aromatic rings. The van der Waals surface area contributed by atoms with E-state index in [1.165, 1.54) is 4.90 Å². The van der Waals surface area contributed by atoms with Gasteiger partial charge in [-0.2, -0.15) is 5.10 Å². The predicted octanol–water partition coefficient (Wildman–Crippen LogP) is 1.86. The van der Waals surface area contributed by atoms with Gasteiger partial charge in [-0.05, 0) is 38.4 Å². The quantitative estimate of drug-likeness (QED) is 0.524. The molecule has 3 N–H and O–H groups in total. The third-order valence-corrected chi connectivity index (χ3v) is 6.67. The van der Waals surface area contributed by atoms with Gasteiger partial charge < -0.3 is 10.6 Å². The molecule has 0 saturated carbocycles. The molecular weight excluding hydrogens is 422 g/mol. The Hall–Kier alpha value is -3.79. The van der Waals surface area contributed by atoms with E-state index in [0.717, 1.165) is 42.4 Å². The van der Waals surface area contributed by atoms with Crippen LogP contribution in [-0.2, 0) is 9.59 Å². The average molecular weight is 445 g/mol. The van der Waals surface area contributed by atoms with Crippen molar-refractivity contribution in [2.24, 2.45) is 0 Å². The Morgan fingerprint density at radius 1 is 1.06 bits per heavy atom. The molecule has 1 atom stereocenters. The molecule has 0 bridgehead atoms. The zero-order valence-electron chi connectivity index (χ0n) is 17.9. The predicted molar refractivity (Wildman–Crippen MR) is 121 cm³/mol. The zero-order chi connectivity index (χ0) is 22.5. The Balaban J connectivity index is 1.34. The van der Waals surface area contributed by atoms with Gasteiger partial charge in [-0.15, -0.1) is 0 Å². The molecule has 10 heteroatoms. The van der Waals surface area contributed by atoms with Gasteiger partial charge in [-0.25, -0.2) is 4.98 Å². The maximum Gasteiger partial charge on any atom is 0.259 e. The summed E-state index contributed by atoms with van der Waals surface area (Å²) in [5.74, 6) is -0.387. The second-order valence-electron chi connectivity index (χ2n) is 8.68. The number of imide groups is 1. The van der Waals surface area contributed by atoms with Crippen molar-refractivity contribution in [2.75, 3.05) is 23.3 Å². The lowest BCUT2D eigenvalue weighted by Gasteiger charge is -2.30. The molecule has 5 heterocycles. The lowest BCUT2D eigenvalue weighted by molar-refractivity contribution is -0.134. The van der Waals surface area contributed by atoms with Crippen molar-refractivity contribution in [3.63, 3.8) is 0 Å². The molecule has 0 radical (unpaired) electrons. The van der Waals surface area contributed by atoms with E-state index in [2.05, 4.69) is 26.0 Å². The molecule has 1 aromatic carbocycles. The summed E-state index contributed by atoms with van der Waals surface area (Å²) >= 11 is 0. The number of amides is 3. The number of nitrogens with zero attached hydrogens (tertiary/aromatic N) is 4. The third kappa shape index (κ3) is 3.25. The van der Waals surface area contributed by atoms with Crippen LogP contribution in [0.2, 0.25) is 0 Å². The highest BCUT2D eigenvalue weighted by Crippen LogP contribution is 2.41. The van der Waals surface area contributed by atoms with E-state index in [9.17, 15) is 14.4 Å². The molecule has 1 unspecified atom stereocenters. The van der Waals surface area contributed by atoms with Crippen LogP contribution in [0.5, 0.6) is 0 Å². The van der Waals surface area contributed by atoms with Crippen molar-refractivity contribution >= 4 is 45.7 Å². The lowest BCUT2D eigenvalue weighted by Crippen LogP contribution is -2.53. The highest BCUT2D eigenvalue weighted by atomic mass is 16.2. The molecule has 2 fully saturated rings. The Morgan fingerprint density at radius 2 is 1.91 bits per heavy atom. The molecule has 3 amide bonds. The van der Waals surface area contributed by atoms with Crippen molar-refractivity contribution < 1.29 is 14.4 Å². The largest absolute Gasteiger partial charge is 0.337 e. The number of pyridine rings is 1. The van der Waals surface area contributed by atoms with Crippen LogP contribution in [0.3, 0.4) is 0 Å². The minimum absolute atomic E-state index is 0.202. The van der Waals surface area contributed by atoms with Gasteiger partial charge in [0.1, 0.15) is 11.9 Å². The average Bonchev–Trinajstić information content (AvgIpc) is 3.41. The summed E-state index contributed by atoms with van der Waals surface area (Å²) < 4.78 is 2.00. The molecule has 10 nitrogen and oxygen atoms in total. The number of hydrogen-bond donors (Lipinski definition) is 3. The molecule has 3 aliphatic heterocycles. The Morgan fingerprint density at radius 3 is 2.73 bits per heavy atom. The molecule has 3 aliphatic rings. The van der Waals surface area contributed by atoms with Gasteiger partial charge in [0.25, 0.3) is 5.91 Å². The fraction of sp³-hybridized carbons (Fsp3) is 0.348. The number of anilines is 3. The minimum Gasteiger partial charge on any atom is -0.337 e. The van der Waals surface area contributed by atoms with Crippen LogP contribution in [0.1, 0.15) is 42.1 Å². The van der Waals surface area contributed by atoms with E-state index in [0.29, 0.717) is 29.5 Å². The second kappa shape index (κ2) is 7.66. The standard InChI is InChI=1S/C23H23N7O3/c31-19-5-4-17(22(32)28-19)30-18-11-25-21(15-2-1-3-16(20(15)18)23(30)33)27-13-10-26-29(12-13)14-6-8-24-9-7-14/h1-3,10-12,14,17,24H,4-9H2,(H,25,27)(H,28,31,32). The Bertz CT molecular complexity index is 1290. The Labute approximate surface area is 189 Å². The van der Waals surface area contributed by atoms with Gasteiger partial charge in [0.2, 0.25) is 11.8 Å². The molecule has 168 valence electrons. The maximum absolute atomic E-state index is 13.2. The van der Waals surface area contributed by atoms with Gasteiger partial charge in [0.15, 0.2) is 0 Å². The minimum atomic E-state index is -0.727. The summed E-state index contributed by atoms with van der Waals surface area (Å²) in [6.45, 7) is 1.98. The van der Waals surface area contributed by atoms with Crippen LogP contribution in [0.4, 0.5) is 17.2 Å². The molecular formula is C23H23N7O3. The van der Waals surface area contributed by atoms with Gasteiger partial charge in [-0.1, -0.05) is 12.1 Å². The van der Waals surface area contributed by atoms with Crippen molar-refractivity contribution in [1.82, 2.24) is 25.4 Å². The van der Waals surface area contributed by atoms with E-state index in [1.807, 2.05) is 23.0 Å². The van der Waals surface area contributed by atoms with Crippen molar-refractivity contribution in [3.8, 4) is 0 Å². The first-order chi connectivity index (χ1) is 16.1. The number of benzene rings is 1. The smallest absolute Gasteiger partial charge is 0.259 e. The highest BCUT2D eigenvalue weighted by Gasteiger charge is 2.41. The normalized spacial score (nSPS) is 21.0. The first kappa shape index (κ1) is 19.9. The summed E-state index contributed by atoms with van der Waals surface area (Å²) in [6, 6.07) is 5.14. The molecule has 2 saturated heterocycles. The van der Waals surface area contributed by atoms with Gasteiger partial charge in [0, 0.05) is 23.4 Å². The Kier molecular flexibility index (Phi) is 4.61. The number of aromatic nitrogens is 3.